The van der Waals surface area contributed by atoms with Gasteiger partial charge < -0.3 is 5.11 Å². The molecule has 4 aromatic rings. The zero-order valence-corrected chi connectivity index (χ0v) is 15.4. The van der Waals surface area contributed by atoms with Crippen molar-refractivity contribution in [2.45, 2.75) is 25.1 Å². The van der Waals surface area contributed by atoms with Crippen LogP contribution in [0.25, 0.3) is 0 Å². The average Bonchev–Trinajstić information content (AvgIpc) is 3.34. The zero-order chi connectivity index (χ0) is 20.3. The van der Waals surface area contributed by atoms with E-state index < -0.39 is 17.2 Å². The molecular weight excluding hydrogens is 378 g/mol. The number of nitrogens with zero attached hydrogens (tertiary/aromatic N) is 6. The molecule has 148 valence electrons. The molecular formula is C20H18F2N6O. The van der Waals surface area contributed by atoms with Crippen LogP contribution in [0.3, 0.4) is 0 Å². The molecule has 2 aromatic carbocycles. The van der Waals surface area contributed by atoms with Crippen molar-refractivity contribution in [2.24, 2.45) is 0 Å². The van der Waals surface area contributed by atoms with Crippen LogP contribution in [-0.4, -0.2) is 34.9 Å². The van der Waals surface area contributed by atoms with Crippen molar-refractivity contribution in [3.05, 3.63) is 95.8 Å². The first kappa shape index (κ1) is 18.9. The van der Waals surface area contributed by atoms with Crippen molar-refractivity contribution in [3.8, 4) is 0 Å². The first-order chi connectivity index (χ1) is 14.0. The van der Waals surface area contributed by atoms with E-state index in [1.54, 1.807) is 10.9 Å². The summed E-state index contributed by atoms with van der Waals surface area (Å²) in [5, 5.41) is 23.5. The molecule has 1 atom stereocenters. The van der Waals surface area contributed by atoms with Gasteiger partial charge in [0.15, 0.2) is 0 Å². The molecule has 0 saturated heterocycles. The molecule has 7 nitrogen and oxygen atoms in total. The molecule has 0 saturated carbocycles. The minimum Gasteiger partial charge on any atom is -0.383 e. The number of halogens is 2. The van der Waals surface area contributed by atoms with Crippen LogP contribution in [0.4, 0.5) is 8.78 Å². The molecule has 0 aliphatic heterocycles. The van der Waals surface area contributed by atoms with Crippen molar-refractivity contribution in [1.82, 2.24) is 29.8 Å². The van der Waals surface area contributed by atoms with Gasteiger partial charge in [0.2, 0.25) is 0 Å². The lowest BCUT2D eigenvalue weighted by atomic mass is 9.88. The highest BCUT2D eigenvalue weighted by Crippen LogP contribution is 2.29. The Kier molecular flexibility index (Phi) is 5.13. The van der Waals surface area contributed by atoms with E-state index in [4.69, 9.17) is 0 Å². The summed E-state index contributed by atoms with van der Waals surface area (Å²) in [5.41, 5.74) is -0.260. The fraction of sp³-hybridized carbons (Fsp3) is 0.200. The molecule has 0 bridgehead atoms. The van der Waals surface area contributed by atoms with E-state index in [1.807, 2.05) is 30.3 Å². The second-order valence-corrected chi connectivity index (χ2v) is 6.82. The van der Waals surface area contributed by atoms with Crippen molar-refractivity contribution in [3.63, 3.8) is 0 Å². The quantitative estimate of drug-likeness (QED) is 0.519. The second kappa shape index (κ2) is 7.88. The molecule has 4 rings (SSSR count). The van der Waals surface area contributed by atoms with Gasteiger partial charge in [-0.2, -0.15) is 5.10 Å². The largest absolute Gasteiger partial charge is 0.383 e. The Labute approximate surface area is 165 Å². The summed E-state index contributed by atoms with van der Waals surface area (Å²) in [5.74, 6) is -1.56. The van der Waals surface area contributed by atoms with E-state index in [0.29, 0.717) is 12.2 Å². The maximum Gasteiger partial charge on any atom is 0.137 e. The topological polar surface area (TPSA) is 81.6 Å². The Bertz CT molecular complexity index is 1080. The van der Waals surface area contributed by atoms with E-state index in [0.717, 1.165) is 17.7 Å². The van der Waals surface area contributed by atoms with Gasteiger partial charge in [-0.05, 0) is 11.6 Å². The number of rotatable bonds is 7. The summed E-state index contributed by atoms with van der Waals surface area (Å²) in [4.78, 5) is 3.85. The highest BCUT2D eigenvalue weighted by atomic mass is 19.1. The summed E-state index contributed by atoms with van der Waals surface area (Å²) in [7, 11) is 0. The molecule has 0 amide bonds. The third-order valence-corrected chi connectivity index (χ3v) is 4.57. The SMILES string of the molecule is OC(Cc1cn(Cc2ccccc2)nn1)(Cn1cncn1)c1ccc(F)cc1F. The zero-order valence-electron chi connectivity index (χ0n) is 15.4. The lowest BCUT2D eigenvalue weighted by Gasteiger charge is -2.28. The van der Waals surface area contributed by atoms with Crippen molar-refractivity contribution < 1.29 is 13.9 Å². The minimum absolute atomic E-state index is 0.0375. The summed E-state index contributed by atoms with van der Waals surface area (Å²) in [6.07, 6.45) is 4.39. The first-order valence-corrected chi connectivity index (χ1v) is 8.95. The lowest BCUT2D eigenvalue weighted by molar-refractivity contribution is 0.0107. The molecule has 0 spiro atoms. The lowest BCUT2D eigenvalue weighted by Crippen LogP contribution is -2.35. The van der Waals surface area contributed by atoms with E-state index in [9.17, 15) is 13.9 Å². The van der Waals surface area contributed by atoms with Crippen LogP contribution in [0, 0.1) is 11.6 Å². The van der Waals surface area contributed by atoms with Gasteiger partial charge >= 0.3 is 0 Å². The van der Waals surface area contributed by atoms with E-state index in [1.165, 1.54) is 23.4 Å². The summed E-state index contributed by atoms with van der Waals surface area (Å²) >= 11 is 0. The van der Waals surface area contributed by atoms with Crippen LogP contribution >= 0.6 is 0 Å². The maximum absolute atomic E-state index is 14.5. The maximum atomic E-state index is 14.5. The highest BCUT2D eigenvalue weighted by Gasteiger charge is 2.35. The molecule has 0 aliphatic rings. The van der Waals surface area contributed by atoms with Crippen LogP contribution in [0.2, 0.25) is 0 Å². The molecule has 1 unspecified atom stereocenters. The average molecular weight is 396 g/mol. The van der Waals surface area contributed by atoms with Crippen LogP contribution in [0.1, 0.15) is 16.8 Å². The van der Waals surface area contributed by atoms with Gasteiger partial charge in [0.1, 0.15) is 29.9 Å². The predicted octanol–water partition coefficient (Wildman–Crippen LogP) is 2.33. The number of aliphatic hydroxyl groups is 1. The van der Waals surface area contributed by atoms with Gasteiger partial charge in [-0.15, -0.1) is 5.10 Å². The molecule has 0 radical (unpaired) electrons. The van der Waals surface area contributed by atoms with E-state index in [2.05, 4.69) is 20.4 Å². The molecule has 0 aliphatic carbocycles. The van der Waals surface area contributed by atoms with Crippen molar-refractivity contribution in [2.75, 3.05) is 0 Å². The summed E-state index contributed by atoms with van der Waals surface area (Å²) < 4.78 is 30.9. The van der Waals surface area contributed by atoms with Crippen LogP contribution < -0.4 is 0 Å². The Morgan fingerprint density at radius 1 is 1.03 bits per heavy atom. The van der Waals surface area contributed by atoms with Gasteiger partial charge in [0.05, 0.1) is 18.8 Å². The molecule has 0 fully saturated rings. The van der Waals surface area contributed by atoms with Crippen LogP contribution in [-0.2, 0) is 25.1 Å². The Morgan fingerprint density at radius 3 is 2.59 bits per heavy atom. The third-order valence-electron chi connectivity index (χ3n) is 4.57. The van der Waals surface area contributed by atoms with Crippen molar-refractivity contribution >= 4 is 0 Å². The van der Waals surface area contributed by atoms with E-state index in [-0.39, 0.29) is 18.5 Å². The third kappa shape index (κ3) is 4.35. The van der Waals surface area contributed by atoms with Gasteiger partial charge in [0.25, 0.3) is 0 Å². The molecule has 1 N–H and O–H groups in total. The predicted molar refractivity (Wildman–Crippen MR) is 99.5 cm³/mol. The van der Waals surface area contributed by atoms with Crippen molar-refractivity contribution in [1.29, 1.82) is 0 Å². The molecule has 2 aromatic heterocycles. The Balaban J connectivity index is 1.62. The fourth-order valence-corrected chi connectivity index (χ4v) is 3.25. The Hall–Kier alpha value is -3.46. The minimum atomic E-state index is -1.72. The number of hydrogen-bond donors (Lipinski definition) is 1. The summed E-state index contributed by atoms with van der Waals surface area (Å²) in [6.45, 7) is 0.432. The second-order valence-electron chi connectivity index (χ2n) is 6.82. The van der Waals surface area contributed by atoms with Gasteiger partial charge in [0, 0.05) is 24.2 Å². The molecule has 2 heterocycles. The highest BCUT2D eigenvalue weighted by molar-refractivity contribution is 5.27. The van der Waals surface area contributed by atoms with Gasteiger partial charge in [-0.25, -0.2) is 23.1 Å². The molecule has 9 heteroatoms. The monoisotopic (exact) mass is 396 g/mol. The van der Waals surface area contributed by atoms with Crippen LogP contribution in [0.15, 0.2) is 67.4 Å². The van der Waals surface area contributed by atoms with Gasteiger partial charge in [-0.1, -0.05) is 41.6 Å². The first-order valence-electron chi connectivity index (χ1n) is 8.95. The Morgan fingerprint density at radius 2 is 1.86 bits per heavy atom. The smallest absolute Gasteiger partial charge is 0.137 e. The normalized spacial score (nSPS) is 13.3. The van der Waals surface area contributed by atoms with Crippen LogP contribution in [0.5, 0.6) is 0 Å². The number of hydrogen-bond acceptors (Lipinski definition) is 5. The van der Waals surface area contributed by atoms with E-state index >= 15 is 0 Å². The molecule has 29 heavy (non-hydrogen) atoms. The summed E-state index contributed by atoms with van der Waals surface area (Å²) in [6, 6.07) is 12.8. The standard InChI is InChI=1S/C20H18F2N6O/c21-16-6-7-18(19(22)8-16)20(29,12-28-14-23-13-24-28)9-17-11-27(26-25-17)10-15-4-2-1-3-5-15/h1-8,11,13-14,29H,9-10,12H2. The fourth-order valence-electron chi connectivity index (χ4n) is 3.25. The number of aromatic nitrogens is 6. The van der Waals surface area contributed by atoms with Gasteiger partial charge in [-0.3, -0.25) is 0 Å². The number of benzene rings is 2.